The maximum absolute atomic E-state index is 12.8. The van der Waals surface area contributed by atoms with E-state index in [1.807, 2.05) is 0 Å². The van der Waals surface area contributed by atoms with Crippen LogP contribution in [-0.2, 0) is 9.53 Å². The number of anilines is 1. The summed E-state index contributed by atoms with van der Waals surface area (Å²) >= 11 is 0. The number of benzene rings is 1. The zero-order chi connectivity index (χ0) is 16.1. The summed E-state index contributed by atoms with van der Waals surface area (Å²) in [6.45, 7) is 3.39. The predicted octanol–water partition coefficient (Wildman–Crippen LogP) is 2.70. The van der Waals surface area contributed by atoms with E-state index in [1.54, 1.807) is 19.9 Å². The molecule has 2 rings (SSSR count). The molecule has 0 saturated carbocycles. The monoisotopic (exact) mass is 306 g/mol. The number of carbonyl (C=O) groups is 2. The van der Waals surface area contributed by atoms with E-state index in [-0.39, 0.29) is 17.8 Å². The molecule has 116 valence electrons. The molecule has 0 radical (unpaired) electrons. The number of halogens is 1. The van der Waals surface area contributed by atoms with Gasteiger partial charge < -0.3 is 14.6 Å². The van der Waals surface area contributed by atoms with Gasteiger partial charge in [0.05, 0.1) is 5.56 Å². The molecule has 0 bridgehead atoms. The highest BCUT2D eigenvalue weighted by atomic mass is 19.1. The molecule has 22 heavy (non-hydrogen) atoms. The van der Waals surface area contributed by atoms with Crippen molar-refractivity contribution in [2.24, 2.45) is 0 Å². The van der Waals surface area contributed by atoms with Crippen LogP contribution in [0.5, 0.6) is 0 Å². The van der Waals surface area contributed by atoms with Gasteiger partial charge in [0, 0.05) is 6.07 Å². The lowest BCUT2D eigenvalue weighted by molar-refractivity contribution is -0.124. The van der Waals surface area contributed by atoms with Gasteiger partial charge in [-0.25, -0.2) is 9.18 Å². The van der Waals surface area contributed by atoms with Gasteiger partial charge in [0.1, 0.15) is 11.6 Å². The Balaban J connectivity index is 2.00. The molecule has 1 N–H and O–H groups in total. The van der Waals surface area contributed by atoms with Crippen molar-refractivity contribution < 1.29 is 23.2 Å². The van der Waals surface area contributed by atoms with Gasteiger partial charge >= 0.3 is 5.97 Å². The summed E-state index contributed by atoms with van der Waals surface area (Å²) in [6, 6.07) is 6.44. The molecule has 1 heterocycles. The average molecular weight is 306 g/mol. The number of carbonyl (C=O) groups excluding carboxylic acids is 2. The molecule has 1 aromatic heterocycles. The van der Waals surface area contributed by atoms with Crippen LogP contribution in [0.2, 0.25) is 0 Å². The maximum Gasteiger partial charge on any atom is 0.338 e. The Bertz CT molecular complexity index is 666. The minimum Gasteiger partial charge on any atom is -0.449 e. The van der Waals surface area contributed by atoms with Crippen molar-refractivity contribution in [3.8, 4) is 0 Å². The molecular weight excluding hydrogens is 291 g/mol. The standard InChI is InChI=1S/C15H15FN2O4/c1-3-12(14(19)17-13-8-9(2)22-18-13)21-15(20)10-4-6-11(16)7-5-10/h4-8,12H,3H2,1-2H3,(H,17,18,19)/t12-/m1/s1. The van der Waals surface area contributed by atoms with Crippen LogP contribution in [0.4, 0.5) is 10.2 Å². The third kappa shape index (κ3) is 3.91. The lowest BCUT2D eigenvalue weighted by Gasteiger charge is -2.15. The van der Waals surface area contributed by atoms with Crippen molar-refractivity contribution in [1.29, 1.82) is 0 Å². The van der Waals surface area contributed by atoms with Crippen LogP contribution >= 0.6 is 0 Å². The van der Waals surface area contributed by atoms with E-state index in [9.17, 15) is 14.0 Å². The Labute approximate surface area is 126 Å². The van der Waals surface area contributed by atoms with Crippen LogP contribution in [0.25, 0.3) is 0 Å². The first kappa shape index (κ1) is 15.7. The van der Waals surface area contributed by atoms with Crippen molar-refractivity contribution in [2.75, 3.05) is 5.32 Å². The van der Waals surface area contributed by atoms with Crippen molar-refractivity contribution >= 4 is 17.7 Å². The molecule has 1 atom stereocenters. The molecular formula is C15H15FN2O4. The third-order valence-corrected chi connectivity index (χ3v) is 2.87. The summed E-state index contributed by atoms with van der Waals surface area (Å²) in [6.07, 6.45) is -0.690. The molecule has 0 aliphatic rings. The van der Waals surface area contributed by atoms with Gasteiger partial charge in [-0.3, -0.25) is 4.79 Å². The second kappa shape index (κ2) is 6.84. The van der Waals surface area contributed by atoms with Crippen LogP contribution in [0.3, 0.4) is 0 Å². The molecule has 1 aromatic carbocycles. The average Bonchev–Trinajstić information content (AvgIpc) is 2.90. The van der Waals surface area contributed by atoms with Gasteiger partial charge in [0.15, 0.2) is 11.9 Å². The van der Waals surface area contributed by atoms with Gasteiger partial charge in [-0.1, -0.05) is 12.1 Å². The van der Waals surface area contributed by atoms with Gasteiger partial charge in [-0.05, 0) is 37.6 Å². The summed E-state index contributed by atoms with van der Waals surface area (Å²) in [5.74, 6) is -0.863. The number of nitrogens with one attached hydrogen (secondary N) is 1. The second-order valence-corrected chi connectivity index (χ2v) is 4.62. The lowest BCUT2D eigenvalue weighted by atomic mass is 10.2. The Morgan fingerprint density at radius 2 is 2.05 bits per heavy atom. The fraction of sp³-hybridized carbons (Fsp3) is 0.267. The number of rotatable bonds is 5. The Morgan fingerprint density at radius 3 is 2.59 bits per heavy atom. The zero-order valence-corrected chi connectivity index (χ0v) is 12.1. The van der Waals surface area contributed by atoms with Crippen molar-refractivity contribution in [2.45, 2.75) is 26.4 Å². The Kier molecular flexibility index (Phi) is 4.88. The highest BCUT2D eigenvalue weighted by molar-refractivity contribution is 5.97. The first-order valence-corrected chi connectivity index (χ1v) is 6.70. The topological polar surface area (TPSA) is 81.4 Å². The lowest BCUT2D eigenvalue weighted by Crippen LogP contribution is -2.32. The van der Waals surface area contributed by atoms with E-state index in [2.05, 4.69) is 10.5 Å². The quantitative estimate of drug-likeness (QED) is 0.859. The van der Waals surface area contributed by atoms with Crippen LogP contribution in [-0.4, -0.2) is 23.1 Å². The van der Waals surface area contributed by atoms with Crippen molar-refractivity contribution in [1.82, 2.24) is 5.16 Å². The number of nitrogens with zero attached hydrogens (tertiary/aromatic N) is 1. The normalized spacial score (nSPS) is 11.8. The third-order valence-electron chi connectivity index (χ3n) is 2.87. The molecule has 2 aromatic rings. The molecule has 0 unspecified atom stereocenters. The van der Waals surface area contributed by atoms with Crippen LogP contribution in [0.15, 0.2) is 34.9 Å². The molecule has 0 spiro atoms. The molecule has 7 heteroatoms. The Hall–Kier alpha value is -2.70. The zero-order valence-electron chi connectivity index (χ0n) is 12.1. The number of esters is 1. The summed E-state index contributed by atoms with van der Waals surface area (Å²) in [7, 11) is 0. The maximum atomic E-state index is 12.8. The van der Waals surface area contributed by atoms with Crippen LogP contribution in [0, 0.1) is 12.7 Å². The summed E-state index contributed by atoms with van der Waals surface area (Å²) in [4.78, 5) is 24.0. The number of aryl methyl sites for hydroxylation is 1. The van der Waals surface area contributed by atoms with Gasteiger partial charge in [0.25, 0.3) is 5.91 Å². The van der Waals surface area contributed by atoms with Crippen molar-refractivity contribution in [3.63, 3.8) is 0 Å². The van der Waals surface area contributed by atoms with Gasteiger partial charge in [-0.2, -0.15) is 0 Å². The fourth-order valence-corrected chi connectivity index (χ4v) is 1.74. The van der Waals surface area contributed by atoms with E-state index in [4.69, 9.17) is 9.26 Å². The highest BCUT2D eigenvalue weighted by Gasteiger charge is 2.23. The first-order chi connectivity index (χ1) is 10.5. The van der Waals surface area contributed by atoms with Gasteiger partial charge in [-0.15, -0.1) is 0 Å². The number of hydrogen-bond donors (Lipinski definition) is 1. The summed E-state index contributed by atoms with van der Waals surface area (Å²) in [5.41, 5.74) is 0.171. The SMILES string of the molecule is CC[C@@H](OC(=O)c1ccc(F)cc1)C(=O)Nc1cc(C)on1. The minimum absolute atomic E-state index is 0.171. The van der Waals surface area contributed by atoms with Crippen LogP contribution < -0.4 is 5.32 Å². The smallest absolute Gasteiger partial charge is 0.338 e. The molecule has 6 nitrogen and oxygen atoms in total. The second-order valence-electron chi connectivity index (χ2n) is 4.62. The summed E-state index contributed by atoms with van der Waals surface area (Å²) < 4.78 is 22.8. The molecule has 0 aliphatic carbocycles. The number of aromatic nitrogens is 1. The predicted molar refractivity (Wildman–Crippen MR) is 75.8 cm³/mol. The number of amides is 1. The molecule has 0 saturated heterocycles. The van der Waals surface area contributed by atoms with E-state index in [1.165, 1.54) is 12.1 Å². The number of hydrogen-bond acceptors (Lipinski definition) is 5. The first-order valence-electron chi connectivity index (χ1n) is 6.70. The van der Waals surface area contributed by atoms with E-state index in [0.29, 0.717) is 5.76 Å². The van der Waals surface area contributed by atoms with Gasteiger partial charge in [0.2, 0.25) is 0 Å². The van der Waals surface area contributed by atoms with E-state index >= 15 is 0 Å². The molecule has 0 fully saturated rings. The van der Waals surface area contributed by atoms with Crippen LogP contribution in [0.1, 0.15) is 29.5 Å². The molecule has 0 aliphatic heterocycles. The highest BCUT2D eigenvalue weighted by Crippen LogP contribution is 2.12. The summed E-state index contributed by atoms with van der Waals surface area (Å²) in [5, 5.41) is 6.13. The fourth-order valence-electron chi connectivity index (χ4n) is 1.74. The van der Waals surface area contributed by atoms with Crippen molar-refractivity contribution in [3.05, 3.63) is 47.5 Å². The van der Waals surface area contributed by atoms with E-state index < -0.39 is 23.8 Å². The minimum atomic E-state index is -0.977. The largest absolute Gasteiger partial charge is 0.449 e. The Morgan fingerprint density at radius 1 is 1.36 bits per heavy atom. The molecule has 1 amide bonds. The van der Waals surface area contributed by atoms with E-state index in [0.717, 1.165) is 12.1 Å². The number of ether oxygens (including phenoxy) is 1.